The van der Waals surface area contributed by atoms with Crippen molar-refractivity contribution >= 4 is 27.3 Å². The van der Waals surface area contributed by atoms with Crippen LogP contribution in [0.25, 0.3) is 0 Å². The van der Waals surface area contributed by atoms with Crippen molar-refractivity contribution in [2.45, 2.75) is 31.6 Å². The summed E-state index contributed by atoms with van der Waals surface area (Å²) < 4.78 is 61.0. The number of aliphatic hydroxyl groups excluding tert-OH is 1. The number of aliphatic hydroxyl groups is 1. The van der Waals surface area contributed by atoms with Crippen LogP contribution < -0.4 is 19.5 Å². The average Bonchev–Trinajstić information content (AvgIpc) is 2.83. The summed E-state index contributed by atoms with van der Waals surface area (Å²) in [4.78, 5) is 0. The molecular weight excluding hydrogens is 542 g/mol. The summed E-state index contributed by atoms with van der Waals surface area (Å²) in [5.41, 5.74) is 2.01. The van der Waals surface area contributed by atoms with E-state index in [0.29, 0.717) is 22.6 Å². The van der Waals surface area contributed by atoms with Gasteiger partial charge in [0.2, 0.25) is 10.0 Å². The van der Waals surface area contributed by atoms with Crippen LogP contribution in [0.1, 0.15) is 22.7 Å². The van der Waals surface area contributed by atoms with E-state index in [2.05, 4.69) is 14.8 Å². The third-order valence-electron chi connectivity index (χ3n) is 5.62. The number of halogens is 3. The molecule has 3 aromatic carbocycles. The molecule has 2 unspecified atom stereocenters. The van der Waals surface area contributed by atoms with Crippen molar-refractivity contribution < 1.29 is 36.9 Å². The summed E-state index contributed by atoms with van der Waals surface area (Å²) >= 11 is 6.36. The Labute approximate surface area is 225 Å². The van der Waals surface area contributed by atoms with Crippen LogP contribution in [0.15, 0.2) is 60.7 Å². The fourth-order valence-electron chi connectivity index (χ4n) is 3.90. The number of sulfonamides is 1. The van der Waals surface area contributed by atoms with Crippen LogP contribution in [0.4, 0.5) is 14.5 Å². The third-order valence-corrected chi connectivity index (χ3v) is 6.57. The number of alkyl halides is 2. The van der Waals surface area contributed by atoms with Crippen molar-refractivity contribution in [1.29, 1.82) is 0 Å². The first-order valence-corrected chi connectivity index (χ1v) is 13.8. The van der Waals surface area contributed by atoms with Gasteiger partial charge in [-0.25, -0.2) is 8.42 Å². The highest BCUT2D eigenvalue weighted by atomic mass is 35.5. The Balaban J connectivity index is 1.80. The van der Waals surface area contributed by atoms with Crippen LogP contribution in [0.2, 0.25) is 5.02 Å². The van der Waals surface area contributed by atoms with Gasteiger partial charge in [-0.05, 0) is 59.9 Å². The molecule has 12 heteroatoms. The highest BCUT2D eigenvalue weighted by Crippen LogP contribution is 2.33. The zero-order valence-electron chi connectivity index (χ0n) is 20.7. The molecule has 0 aromatic heterocycles. The van der Waals surface area contributed by atoms with Crippen LogP contribution in [-0.4, -0.2) is 51.3 Å². The Morgan fingerprint density at radius 1 is 1.03 bits per heavy atom. The largest absolute Gasteiger partial charge is 0.506 e. The summed E-state index contributed by atoms with van der Waals surface area (Å²) in [7, 11) is -2.26. The minimum Gasteiger partial charge on any atom is -0.506 e. The molecule has 0 aliphatic rings. The fraction of sp³-hybridized carbons (Fsp3) is 0.308. The first kappa shape index (κ1) is 29.4. The van der Waals surface area contributed by atoms with Gasteiger partial charge < -0.3 is 25.0 Å². The Kier molecular flexibility index (Phi) is 10.1. The second kappa shape index (κ2) is 13.1. The third kappa shape index (κ3) is 8.73. The maximum atomic E-state index is 13.0. The number of aromatic hydroxyl groups is 1. The highest BCUT2D eigenvalue weighted by Gasteiger charge is 2.20. The van der Waals surface area contributed by atoms with Crippen LogP contribution in [0.3, 0.4) is 0 Å². The van der Waals surface area contributed by atoms with Gasteiger partial charge in [-0.2, -0.15) is 8.78 Å². The van der Waals surface area contributed by atoms with Crippen molar-refractivity contribution in [3.05, 3.63) is 82.4 Å². The van der Waals surface area contributed by atoms with Crippen LogP contribution in [-0.2, 0) is 22.9 Å². The van der Waals surface area contributed by atoms with Crippen molar-refractivity contribution in [2.75, 3.05) is 24.6 Å². The van der Waals surface area contributed by atoms with Crippen LogP contribution in [0.5, 0.6) is 17.2 Å². The standard InChI is InChI=1S/C26H29ClF2N2O6S/c1-36-24-10-8-18(14-25(24)37-26(28)29)21(13-17-5-3-4-6-20(17)27)30-15-19(32)11-16-7-9-23(33)22(12-16)31-38(2,34)35/h3-10,12,14,19,21,26,30-33H,11,13,15H2,1-2H3. The summed E-state index contributed by atoms with van der Waals surface area (Å²) in [6.07, 6.45) is 0.587. The van der Waals surface area contributed by atoms with E-state index >= 15 is 0 Å². The number of phenols is 1. The van der Waals surface area contributed by atoms with Gasteiger partial charge in [0.1, 0.15) is 5.75 Å². The SMILES string of the molecule is COc1ccc(C(Cc2ccccc2Cl)NCC(O)Cc2ccc(O)c(NS(C)(=O)=O)c2)cc1OC(F)F. The lowest BCUT2D eigenvalue weighted by atomic mass is 9.97. The quantitative estimate of drug-likeness (QED) is 0.223. The minimum atomic E-state index is -3.61. The summed E-state index contributed by atoms with van der Waals surface area (Å²) in [5.74, 6) is -0.217. The van der Waals surface area contributed by atoms with Gasteiger partial charge >= 0.3 is 6.61 Å². The molecule has 0 aliphatic heterocycles. The normalized spacial score (nSPS) is 13.2. The molecule has 3 rings (SSSR count). The predicted molar refractivity (Wildman–Crippen MR) is 142 cm³/mol. The van der Waals surface area contributed by atoms with Gasteiger partial charge in [-0.15, -0.1) is 0 Å². The van der Waals surface area contributed by atoms with Gasteiger partial charge in [0, 0.05) is 17.6 Å². The van der Waals surface area contributed by atoms with E-state index in [1.54, 1.807) is 24.3 Å². The molecule has 0 bridgehead atoms. The number of phenolic OH excluding ortho intramolecular Hbond substituents is 1. The molecule has 206 valence electrons. The molecule has 0 spiro atoms. The van der Waals surface area contributed by atoms with E-state index in [0.717, 1.165) is 11.8 Å². The molecule has 0 saturated heterocycles. The Morgan fingerprint density at radius 3 is 2.42 bits per heavy atom. The molecule has 0 aliphatic carbocycles. The average molecular weight is 571 g/mol. The van der Waals surface area contributed by atoms with E-state index in [9.17, 15) is 27.4 Å². The van der Waals surface area contributed by atoms with Crippen molar-refractivity contribution in [1.82, 2.24) is 5.32 Å². The maximum Gasteiger partial charge on any atom is 0.387 e. The van der Waals surface area contributed by atoms with Gasteiger partial charge in [-0.3, -0.25) is 4.72 Å². The predicted octanol–water partition coefficient (Wildman–Crippen LogP) is 4.50. The summed E-state index contributed by atoms with van der Waals surface area (Å²) in [6.45, 7) is -2.94. The lowest BCUT2D eigenvalue weighted by Crippen LogP contribution is -2.32. The fourth-order valence-corrected chi connectivity index (χ4v) is 4.68. The molecular formula is C26H29ClF2N2O6S. The van der Waals surface area contributed by atoms with Crippen molar-refractivity contribution in [3.8, 4) is 17.2 Å². The number of hydrogen-bond acceptors (Lipinski definition) is 7. The number of ether oxygens (including phenoxy) is 2. The summed E-state index contributed by atoms with van der Waals surface area (Å²) in [6, 6.07) is 15.8. The first-order valence-electron chi connectivity index (χ1n) is 11.5. The Hall–Kier alpha value is -3.12. The number of hydrogen-bond donors (Lipinski definition) is 4. The monoisotopic (exact) mass is 570 g/mol. The molecule has 4 N–H and O–H groups in total. The molecule has 0 radical (unpaired) electrons. The molecule has 2 atom stereocenters. The topological polar surface area (TPSA) is 117 Å². The molecule has 0 fully saturated rings. The molecule has 0 heterocycles. The zero-order chi connectivity index (χ0) is 27.9. The van der Waals surface area contributed by atoms with Gasteiger partial charge in [0.15, 0.2) is 11.5 Å². The molecule has 3 aromatic rings. The Bertz CT molecular complexity index is 1340. The number of benzene rings is 3. The second-order valence-electron chi connectivity index (χ2n) is 8.63. The zero-order valence-corrected chi connectivity index (χ0v) is 22.3. The highest BCUT2D eigenvalue weighted by molar-refractivity contribution is 7.92. The number of methoxy groups -OCH3 is 1. The Morgan fingerprint density at radius 2 is 1.76 bits per heavy atom. The van der Waals surface area contributed by atoms with Gasteiger partial charge in [0.05, 0.1) is 25.2 Å². The summed E-state index contributed by atoms with van der Waals surface area (Å²) in [5, 5.41) is 24.5. The van der Waals surface area contributed by atoms with Gasteiger partial charge in [-0.1, -0.05) is 41.9 Å². The van der Waals surface area contributed by atoms with Gasteiger partial charge in [0.25, 0.3) is 0 Å². The molecule has 0 saturated carbocycles. The van der Waals surface area contributed by atoms with E-state index < -0.39 is 28.8 Å². The van der Waals surface area contributed by atoms with Crippen LogP contribution >= 0.6 is 11.6 Å². The number of anilines is 1. The van der Waals surface area contributed by atoms with Crippen molar-refractivity contribution in [3.63, 3.8) is 0 Å². The van der Waals surface area contributed by atoms with Crippen LogP contribution in [0, 0.1) is 0 Å². The molecule has 0 amide bonds. The van der Waals surface area contributed by atoms with E-state index in [4.69, 9.17) is 16.3 Å². The second-order valence-corrected chi connectivity index (χ2v) is 10.8. The minimum absolute atomic E-state index is 0.00606. The lowest BCUT2D eigenvalue weighted by molar-refractivity contribution is -0.0512. The first-order chi connectivity index (χ1) is 17.9. The smallest absolute Gasteiger partial charge is 0.387 e. The van der Waals surface area contributed by atoms with E-state index in [1.807, 2.05) is 12.1 Å². The lowest BCUT2D eigenvalue weighted by Gasteiger charge is -2.23. The molecule has 38 heavy (non-hydrogen) atoms. The molecule has 8 nitrogen and oxygen atoms in total. The van der Waals surface area contributed by atoms with Crippen molar-refractivity contribution in [2.24, 2.45) is 0 Å². The maximum absolute atomic E-state index is 13.0. The number of rotatable bonds is 13. The van der Waals surface area contributed by atoms with E-state index in [1.165, 1.54) is 31.4 Å². The number of nitrogens with one attached hydrogen (secondary N) is 2. The van der Waals surface area contributed by atoms with E-state index in [-0.39, 0.29) is 35.9 Å².